The number of hydrogen-bond acceptors (Lipinski definition) is 15. The van der Waals surface area contributed by atoms with E-state index < -0.39 is 96.1 Å². The van der Waals surface area contributed by atoms with E-state index in [1.807, 2.05) is 0 Å². The minimum Gasteiger partial charge on any atom is -0.505 e. The average Bonchev–Trinajstić information content (AvgIpc) is 2.85. The van der Waals surface area contributed by atoms with Crippen molar-refractivity contribution < 1.29 is 61.7 Å². The molecule has 226 valence electrons. The molecule has 18 nitrogen and oxygen atoms in total. The van der Waals surface area contributed by atoms with Crippen LogP contribution in [0.15, 0.2) is 89.7 Å². The summed E-state index contributed by atoms with van der Waals surface area (Å²) < 4.78 is 124. The molecule has 3 rings (SSSR count). The molecule has 0 aromatic heterocycles. The minimum absolute atomic E-state index is 0.312. The van der Waals surface area contributed by atoms with Crippen LogP contribution in [0.1, 0.15) is 0 Å². The number of nitrogens with zero attached hydrogens (tertiary/aromatic N) is 4. The van der Waals surface area contributed by atoms with Gasteiger partial charge in [-0.25, -0.2) is 12.6 Å². The first kappa shape index (κ1) is 32.6. The smallest absolute Gasteiger partial charge is 0.397 e. The molecule has 0 spiro atoms. The highest BCUT2D eigenvalue weighted by Gasteiger charge is 2.23. The lowest BCUT2D eigenvalue weighted by atomic mass is 10.2. The fourth-order valence-corrected chi connectivity index (χ4v) is 5.89. The summed E-state index contributed by atoms with van der Waals surface area (Å²) in [5.74, 6) is -2.38. The number of aromatic hydroxyl groups is 2. The number of sulfone groups is 1. The van der Waals surface area contributed by atoms with Gasteiger partial charge in [0.15, 0.2) is 9.84 Å². The summed E-state index contributed by atoms with van der Waals surface area (Å²) in [6, 6.07) is 8.71. The third kappa shape index (κ3) is 8.56. The highest BCUT2D eigenvalue weighted by molar-refractivity contribution is 7.91. The summed E-state index contributed by atoms with van der Waals surface area (Å²) in [5, 5.41) is 34.7. The van der Waals surface area contributed by atoms with Gasteiger partial charge in [0, 0.05) is 12.1 Å². The molecule has 0 heterocycles. The Balaban J connectivity index is 1.99. The summed E-state index contributed by atoms with van der Waals surface area (Å²) >= 11 is 0. The van der Waals surface area contributed by atoms with Gasteiger partial charge < -0.3 is 10.2 Å². The molecule has 0 bridgehead atoms. The predicted octanol–water partition coefficient (Wildman–Crippen LogP) is 3.02. The average molecular weight is 667 g/mol. The summed E-state index contributed by atoms with van der Waals surface area (Å²) in [7, 11) is -19.2. The molecule has 0 aliphatic heterocycles. The standard InChI is InChI=1S/C20H18N4O14S4/c25-17-11-18(26)16(10-15(17)23-21-13-3-1-2-4-19(13)40(29,30)31)24-22-14-6-5-12(9-20(14)41(32,33)34)39(27,28)8-7-38-42(35,36)37/h1-6,9-11,25-26H,7-8H2,(H,29,30,31)(H,32,33,34)(H,35,36,37). The number of phenolic OH excluding ortho intramolecular Hbond substituents is 2. The highest BCUT2D eigenvalue weighted by atomic mass is 32.3. The van der Waals surface area contributed by atoms with E-state index in [4.69, 9.17) is 4.55 Å². The van der Waals surface area contributed by atoms with Crippen molar-refractivity contribution >= 4 is 63.2 Å². The van der Waals surface area contributed by atoms with Gasteiger partial charge in [-0.3, -0.25) is 13.7 Å². The Bertz CT molecular complexity index is 2030. The van der Waals surface area contributed by atoms with Crippen LogP contribution in [-0.4, -0.2) is 69.9 Å². The van der Waals surface area contributed by atoms with Crippen molar-refractivity contribution in [3.8, 4) is 11.5 Å². The second-order valence-corrected chi connectivity index (χ2v) is 13.8. The van der Waals surface area contributed by atoms with Crippen LogP contribution in [-0.2, 0) is 44.7 Å². The SMILES string of the molecule is O=S(=O)(O)OCCS(=O)(=O)c1ccc(N=Nc2cc(N=Nc3ccccc3S(=O)(=O)O)c(O)cc2O)c(S(=O)(=O)O)c1. The molecule has 0 saturated carbocycles. The Morgan fingerprint density at radius 3 is 1.62 bits per heavy atom. The van der Waals surface area contributed by atoms with Gasteiger partial charge in [-0.15, -0.1) is 20.5 Å². The lowest BCUT2D eigenvalue weighted by Gasteiger charge is -2.08. The molecular formula is C20H18N4O14S4. The van der Waals surface area contributed by atoms with Crippen molar-refractivity contribution in [3.05, 3.63) is 54.6 Å². The number of azo groups is 2. The molecular weight excluding hydrogens is 649 g/mol. The first-order valence-corrected chi connectivity index (χ1v) is 16.6. The number of hydrogen-bond donors (Lipinski definition) is 5. The van der Waals surface area contributed by atoms with E-state index in [-0.39, 0.29) is 5.69 Å². The molecule has 0 atom stereocenters. The molecule has 0 fully saturated rings. The Morgan fingerprint density at radius 1 is 0.595 bits per heavy atom. The van der Waals surface area contributed by atoms with E-state index in [1.165, 1.54) is 18.2 Å². The van der Waals surface area contributed by atoms with E-state index in [0.717, 1.165) is 30.3 Å². The molecule has 0 radical (unpaired) electrons. The Hall–Kier alpha value is -3.90. The highest BCUT2D eigenvalue weighted by Crippen LogP contribution is 2.40. The van der Waals surface area contributed by atoms with Crippen LogP contribution in [0.25, 0.3) is 0 Å². The van der Waals surface area contributed by atoms with Crippen LogP contribution in [0.2, 0.25) is 0 Å². The van der Waals surface area contributed by atoms with E-state index in [1.54, 1.807) is 0 Å². The Labute approximate surface area is 238 Å². The topological polar surface area (TPSA) is 296 Å². The van der Waals surface area contributed by atoms with E-state index >= 15 is 0 Å². The molecule has 5 N–H and O–H groups in total. The van der Waals surface area contributed by atoms with E-state index in [9.17, 15) is 53.0 Å². The van der Waals surface area contributed by atoms with Crippen LogP contribution in [0.5, 0.6) is 11.5 Å². The normalized spacial score (nSPS) is 13.2. The molecule has 0 aliphatic carbocycles. The summed E-state index contributed by atoms with van der Waals surface area (Å²) in [6.07, 6.45) is 0. The van der Waals surface area contributed by atoms with Gasteiger partial charge in [-0.2, -0.15) is 25.3 Å². The van der Waals surface area contributed by atoms with Gasteiger partial charge in [0.1, 0.15) is 44.0 Å². The quantitative estimate of drug-likeness (QED) is 0.145. The van der Waals surface area contributed by atoms with Gasteiger partial charge in [0.25, 0.3) is 20.2 Å². The van der Waals surface area contributed by atoms with Crippen molar-refractivity contribution in [2.75, 3.05) is 12.4 Å². The van der Waals surface area contributed by atoms with Crippen molar-refractivity contribution in [1.82, 2.24) is 0 Å². The lowest BCUT2D eigenvalue weighted by molar-refractivity contribution is 0.284. The van der Waals surface area contributed by atoms with Crippen LogP contribution < -0.4 is 0 Å². The Kier molecular flexibility index (Phi) is 9.43. The minimum atomic E-state index is -5.14. The van der Waals surface area contributed by atoms with Crippen molar-refractivity contribution in [3.63, 3.8) is 0 Å². The maximum Gasteiger partial charge on any atom is 0.397 e. The molecule has 22 heteroatoms. The fraction of sp³-hybridized carbons (Fsp3) is 0.100. The number of rotatable bonds is 11. The maximum absolute atomic E-state index is 12.4. The third-order valence-corrected chi connectivity index (χ3v) is 8.82. The van der Waals surface area contributed by atoms with Gasteiger partial charge in [0.05, 0.1) is 17.3 Å². The first-order chi connectivity index (χ1) is 19.3. The molecule has 3 aromatic rings. The van der Waals surface area contributed by atoms with E-state index in [0.29, 0.717) is 6.07 Å². The molecule has 0 unspecified atom stereocenters. The zero-order valence-corrected chi connectivity index (χ0v) is 23.7. The molecule has 0 amide bonds. The van der Waals surface area contributed by atoms with Crippen LogP contribution in [0.3, 0.4) is 0 Å². The van der Waals surface area contributed by atoms with Crippen molar-refractivity contribution in [1.29, 1.82) is 0 Å². The zero-order valence-electron chi connectivity index (χ0n) is 20.4. The van der Waals surface area contributed by atoms with Crippen LogP contribution in [0.4, 0.5) is 22.7 Å². The zero-order chi connectivity index (χ0) is 31.5. The second-order valence-electron chi connectivity index (χ2n) is 7.85. The first-order valence-electron chi connectivity index (χ1n) is 10.7. The van der Waals surface area contributed by atoms with Crippen LogP contribution in [0, 0.1) is 0 Å². The number of phenols is 2. The maximum atomic E-state index is 12.4. The second kappa shape index (κ2) is 12.1. The summed E-state index contributed by atoms with van der Waals surface area (Å²) in [5.41, 5.74) is -1.78. The molecule has 3 aromatic carbocycles. The summed E-state index contributed by atoms with van der Waals surface area (Å²) in [4.78, 5) is -2.35. The number of benzene rings is 3. The fourth-order valence-electron chi connectivity index (χ4n) is 3.03. The van der Waals surface area contributed by atoms with Gasteiger partial charge in [-0.1, -0.05) is 12.1 Å². The molecule has 0 saturated heterocycles. The van der Waals surface area contributed by atoms with Gasteiger partial charge in [0.2, 0.25) is 0 Å². The third-order valence-electron chi connectivity index (χ3n) is 4.90. The van der Waals surface area contributed by atoms with Gasteiger partial charge >= 0.3 is 10.4 Å². The molecule has 42 heavy (non-hydrogen) atoms. The summed E-state index contributed by atoms with van der Waals surface area (Å²) in [6.45, 7) is -1.01. The Morgan fingerprint density at radius 2 is 1.10 bits per heavy atom. The lowest BCUT2D eigenvalue weighted by Crippen LogP contribution is -2.16. The van der Waals surface area contributed by atoms with Crippen LogP contribution >= 0.6 is 0 Å². The van der Waals surface area contributed by atoms with Crippen molar-refractivity contribution in [2.24, 2.45) is 20.5 Å². The van der Waals surface area contributed by atoms with E-state index in [2.05, 4.69) is 24.6 Å². The predicted molar refractivity (Wildman–Crippen MR) is 140 cm³/mol. The monoisotopic (exact) mass is 666 g/mol. The molecule has 0 aliphatic rings. The largest absolute Gasteiger partial charge is 0.505 e. The van der Waals surface area contributed by atoms with Gasteiger partial charge in [-0.05, 0) is 30.3 Å². The van der Waals surface area contributed by atoms with Crippen molar-refractivity contribution in [2.45, 2.75) is 14.7 Å².